The minimum Gasteiger partial charge on any atom is -0.444 e. The number of hydrogen-bond donors (Lipinski definition) is 0. The van der Waals surface area contributed by atoms with Crippen molar-refractivity contribution in [2.75, 3.05) is 18.0 Å². The average molecular weight is 389 g/mol. The summed E-state index contributed by atoms with van der Waals surface area (Å²) < 4.78 is 8.51. The summed E-state index contributed by atoms with van der Waals surface area (Å²) in [4.78, 5) is 44.3. The molecular formula is C19H27N5O4. The molecule has 0 bridgehead atoms. The van der Waals surface area contributed by atoms with Crippen LogP contribution in [0.1, 0.15) is 45.1 Å². The second kappa shape index (κ2) is 6.96. The third-order valence-electron chi connectivity index (χ3n) is 4.88. The SMILES string of the molecule is CC1CN(C(=O)OC(C)(C)C)[C@H](C)CN1c1cc(=O)n(C)n2cc(C=O)nc12. The van der Waals surface area contributed by atoms with Gasteiger partial charge < -0.3 is 14.5 Å². The summed E-state index contributed by atoms with van der Waals surface area (Å²) in [5.74, 6) is 0. The van der Waals surface area contributed by atoms with Gasteiger partial charge in [-0.05, 0) is 34.6 Å². The monoisotopic (exact) mass is 389 g/mol. The van der Waals surface area contributed by atoms with Crippen molar-refractivity contribution in [2.24, 2.45) is 7.05 Å². The van der Waals surface area contributed by atoms with E-state index in [1.807, 2.05) is 34.6 Å². The molecule has 28 heavy (non-hydrogen) atoms. The summed E-state index contributed by atoms with van der Waals surface area (Å²) >= 11 is 0. The van der Waals surface area contributed by atoms with Gasteiger partial charge in [-0.2, -0.15) is 0 Å². The molecule has 0 saturated carbocycles. The van der Waals surface area contributed by atoms with Gasteiger partial charge >= 0.3 is 6.09 Å². The third-order valence-corrected chi connectivity index (χ3v) is 4.88. The minimum absolute atomic E-state index is 0.0593. The molecule has 9 nitrogen and oxygen atoms in total. The summed E-state index contributed by atoms with van der Waals surface area (Å²) in [5, 5.41) is 0. The smallest absolute Gasteiger partial charge is 0.410 e. The van der Waals surface area contributed by atoms with Crippen molar-refractivity contribution in [2.45, 2.75) is 52.3 Å². The van der Waals surface area contributed by atoms with Crippen LogP contribution >= 0.6 is 0 Å². The Balaban J connectivity index is 1.95. The Labute approximate surface area is 163 Å². The Morgan fingerprint density at radius 1 is 1.25 bits per heavy atom. The molecule has 1 saturated heterocycles. The topological polar surface area (TPSA) is 89.1 Å². The highest BCUT2D eigenvalue weighted by molar-refractivity contribution is 5.77. The van der Waals surface area contributed by atoms with Gasteiger partial charge in [-0.3, -0.25) is 9.59 Å². The van der Waals surface area contributed by atoms with E-state index in [1.165, 1.54) is 16.9 Å². The van der Waals surface area contributed by atoms with Crippen LogP contribution in [-0.4, -0.2) is 62.2 Å². The Kier molecular flexibility index (Phi) is 4.95. The van der Waals surface area contributed by atoms with Gasteiger partial charge in [0.2, 0.25) is 0 Å². The number of fused-ring (bicyclic) bond motifs is 1. The minimum atomic E-state index is -0.559. The van der Waals surface area contributed by atoms with Gasteiger partial charge in [0.25, 0.3) is 5.56 Å². The van der Waals surface area contributed by atoms with Crippen LogP contribution in [-0.2, 0) is 11.8 Å². The Bertz CT molecular complexity index is 971. The molecule has 3 heterocycles. The summed E-state index contributed by atoms with van der Waals surface area (Å²) in [6, 6.07) is 1.36. The van der Waals surface area contributed by atoms with Gasteiger partial charge in [-0.15, -0.1) is 0 Å². The number of hydrogen-bond acceptors (Lipinski definition) is 6. The lowest BCUT2D eigenvalue weighted by molar-refractivity contribution is 0.0130. The molecule has 0 aliphatic carbocycles. The van der Waals surface area contributed by atoms with Gasteiger partial charge in [0.15, 0.2) is 11.9 Å². The number of aromatic nitrogens is 3. The predicted octanol–water partition coefficient (Wildman–Crippen LogP) is 1.68. The van der Waals surface area contributed by atoms with Crippen LogP contribution in [0.2, 0.25) is 0 Å². The first-order valence-corrected chi connectivity index (χ1v) is 9.32. The first-order valence-electron chi connectivity index (χ1n) is 9.32. The van der Waals surface area contributed by atoms with Gasteiger partial charge in [-0.25, -0.2) is 19.0 Å². The molecule has 152 valence electrons. The number of piperazine rings is 1. The Morgan fingerprint density at radius 3 is 2.54 bits per heavy atom. The zero-order valence-electron chi connectivity index (χ0n) is 17.2. The van der Waals surface area contributed by atoms with Gasteiger partial charge in [0.1, 0.15) is 11.3 Å². The lowest BCUT2D eigenvalue weighted by Crippen LogP contribution is -2.59. The van der Waals surface area contributed by atoms with E-state index in [2.05, 4.69) is 9.88 Å². The fourth-order valence-electron chi connectivity index (χ4n) is 3.48. The number of amides is 1. The molecule has 1 fully saturated rings. The number of aryl methyl sites for hydroxylation is 1. The van der Waals surface area contributed by atoms with Crippen LogP contribution < -0.4 is 10.5 Å². The standard InChI is InChI=1S/C19H27N5O4/c1-12-9-23(18(27)28-19(3,4)5)13(2)8-22(12)15-7-16(26)21(6)24-10-14(11-25)20-17(15)24/h7,10-13H,8-9H2,1-6H3/t12?,13-/m1/s1. The molecule has 2 aromatic heterocycles. The third kappa shape index (κ3) is 3.61. The molecular weight excluding hydrogens is 362 g/mol. The van der Waals surface area contributed by atoms with Crippen molar-refractivity contribution in [1.82, 2.24) is 19.1 Å². The largest absolute Gasteiger partial charge is 0.444 e. The number of carbonyl (C=O) groups excluding carboxylic acids is 2. The van der Waals surface area contributed by atoms with Crippen LogP contribution in [0, 0.1) is 0 Å². The molecule has 1 aliphatic rings. The lowest BCUT2D eigenvalue weighted by Gasteiger charge is -2.45. The quantitative estimate of drug-likeness (QED) is 0.726. The van der Waals surface area contributed by atoms with Crippen molar-refractivity contribution in [1.29, 1.82) is 0 Å². The van der Waals surface area contributed by atoms with E-state index in [4.69, 9.17) is 4.74 Å². The molecule has 3 rings (SSSR count). The second-order valence-electron chi connectivity index (χ2n) is 8.33. The van der Waals surface area contributed by atoms with E-state index in [0.717, 1.165) is 0 Å². The Hall–Kier alpha value is -2.84. The van der Waals surface area contributed by atoms with E-state index in [-0.39, 0.29) is 29.4 Å². The number of aldehydes is 1. The van der Waals surface area contributed by atoms with Crippen molar-refractivity contribution in [3.8, 4) is 0 Å². The van der Waals surface area contributed by atoms with E-state index >= 15 is 0 Å². The average Bonchev–Trinajstić information content (AvgIpc) is 3.03. The molecule has 1 amide bonds. The van der Waals surface area contributed by atoms with Gasteiger partial charge in [0.05, 0.1) is 11.9 Å². The molecule has 1 unspecified atom stereocenters. The van der Waals surface area contributed by atoms with Crippen molar-refractivity contribution < 1.29 is 14.3 Å². The highest BCUT2D eigenvalue weighted by atomic mass is 16.6. The molecule has 0 N–H and O–H groups in total. The highest BCUT2D eigenvalue weighted by Gasteiger charge is 2.35. The molecule has 2 atom stereocenters. The summed E-state index contributed by atoms with van der Waals surface area (Å²) in [6.45, 7) is 10.4. The number of imidazole rings is 1. The highest BCUT2D eigenvalue weighted by Crippen LogP contribution is 2.27. The first-order chi connectivity index (χ1) is 13.0. The summed E-state index contributed by atoms with van der Waals surface area (Å²) in [7, 11) is 1.63. The van der Waals surface area contributed by atoms with Crippen LogP contribution in [0.4, 0.5) is 10.5 Å². The van der Waals surface area contributed by atoms with Gasteiger partial charge in [-0.1, -0.05) is 0 Å². The van der Waals surface area contributed by atoms with E-state index < -0.39 is 5.60 Å². The fourth-order valence-corrected chi connectivity index (χ4v) is 3.48. The molecule has 0 spiro atoms. The number of carbonyl (C=O) groups is 2. The van der Waals surface area contributed by atoms with Crippen molar-refractivity contribution in [3.63, 3.8) is 0 Å². The normalized spacial score (nSPS) is 20.5. The molecule has 0 aromatic carbocycles. The lowest BCUT2D eigenvalue weighted by atomic mass is 10.1. The van der Waals surface area contributed by atoms with Crippen LogP contribution in [0.25, 0.3) is 5.65 Å². The van der Waals surface area contributed by atoms with E-state index in [0.29, 0.717) is 30.7 Å². The van der Waals surface area contributed by atoms with E-state index in [9.17, 15) is 14.4 Å². The van der Waals surface area contributed by atoms with Crippen LogP contribution in [0.3, 0.4) is 0 Å². The first kappa shape index (κ1) is 19.9. The molecule has 9 heteroatoms. The van der Waals surface area contributed by atoms with E-state index in [1.54, 1.807) is 16.5 Å². The maximum absolute atomic E-state index is 12.5. The van der Waals surface area contributed by atoms with Crippen molar-refractivity contribution >= 4 is 23.7 Å². The fraction of sp³-hybridized carbons (Fsp3) is 0.579. The zero-order chi connectivity index (χ0) is 20.8. The number of rotatable bonds is 2. The van der Waals surface area contributed by atoms with Crippen molar-refractivity contribution in [3.05, 3.63) is 28.3 Å². The maximum Gasteiger partial charge on any atom is 0.410 e. The van der Waals surface area contributed by atoms with Crippen LogP contribution in [0.5, 0.6) is 0 Å². The predicted molar refractivity (Wildman–Crippen MR) is 105 cm³/mol. The number of ether oxygens (including phenoxy) is 1. The van der Waals surface area contributed by atoms with Gasteiger partial charge in [0, 0.05) is 38.3 Å². The summed E-state index contributed by atoms with van der Waals surface area (Å²) in [5.41, 5.74) is 0.687. The molecule has 0 radical (unpaired) electrons. The molecule has 2 aromatic rings. The summed E-state index contributed by atoms with van der Waals surface area (Å²) in [6.07, 6.45) is 1.86. The maximum atomic E-state index is 12.5. The van der Waals surface area contributed by atoms with Crippen LogP contribution in [0.15, 0.2) is 17.1 Å². The zero-order valence-corrected chi connectivity index (χ0v) is 17.2. The molecule has 1 aliphatic heterocycles. The number of anilines is 1. The second-order valence-corrected chi connectivity index (χ2v) is 8.33. The Morgan fingerprint density at radius 2 is 1.93 bits per heavy atom. The number of nitrogens with zero attached hydrogens (tertiary/aromatic N) is 5.